The molecule has 3 heteroatoms. The van der Waals surface area contributed by atoms with Crippen LogP contribution in [0, 0.1) is 0 Å². The van der Waals surface area contributed by atoms with Gasteiger partial charge in [-0.1, -0.05) is 34.1 Å². The standard InChI is InChI=1S/C21H25BrN2/c22-19-9-10-21-18(16-19)15-17-7-1-2-8-20(17)24(21)14-6-5-13-23-11-3-4-12-23/h1-2,7-10,16H,3-6,11-15H2. The molecule has 0 aliphatic carbocycles. The van der Waals surface area contributed by atoms with Crippen LogP contribution in [-0.2, 0) is 6.42 Å². The lowest BCUT2D eigenvalue weighted by Crippen LogP contribution is -2.26. The topological polar surface area (TPSA) is 6.48 Å². The van der Waals surface area contributed by atoms with Crippen LogP contribution >= 0.6 is 15.9 Å². The fraction of sp³-hybridized carbons (Fsp3) is 0.429. The van der Waals surface area contributed by atoms with Gasteiger partial charge in [-0.25, -0.2) is 0 Å². The highest BCUT2D eigenvalue weighted by Crippen LogP contribution is 2.39. The van der Waals surface area contributed by atoms with E-state index < -0.39 is 0 Å². The fourth-order valence-electron chi connectivity index (χ4n) is 4.07. The Labute approximate surface area is 153 Å². The number of hydrogen-bond donors (Lipinski definition) is 0. The minimum absolute atomic E-state index is 1.04. The molecule has 0 N–H and O–H groups in total. The fourth-order valence-corrected chi connectivity index (χ4v) is 4.48. The predicted octanol–water partition coefficient (Wildman–Crippen LogP) is 5.37. The lowest BCUT2D eigenvalue weighted by Gasteiger charge is -2.33. The number of rotatable bonds is 5. The minimum atomic E-state index is 1.04. The summed E-state index contributed by atoms with van der Waals surface area (Å²) in [5, 5.41) is 0. The number of benzene rings is 2. The summed E-state index contributed by atoms with van der Waals surface area (Å²) in [6.07, 6.45) is 6.36. The molecule has 0 spiro atoms. The second-order valence-corrected chi connectivity index (χ2v) is 7.90. The largest absolute Gasteiger partial charge is 0.341 e. The smallest absolute Gasteiger partial charge is 0.0447 e. The van der Waals surface area contributed by atoms with Crippen molar-refractivity contribution in [2.75, 3.05) is 31.1 Å². The Morgan fingerprint density at radius 3 is 2.46 bits per heavy atom. The van der Waals surface area contributed by atoms with Gasteiger partial charge in [-0.3, -0.25) is 0 Å². The van der Waals surface area contributed by atoms with Crippen LogP contribution < -0.4 is 4.90 Å². The van der Waals surface area contributed by atoms with E-state index in [1.54, 1.807) is 0 Å². The molecule has 0 unspecified atom stereocenters. The quantitative estimate of drug-likeness (QED) is 0.639. The second kappa shape index (κ2) is 7.28. The third kappa shape index (κ3) is 3.38. The van der Waals surface area contributed by atoms with Gasteiger partial charge in [0.05, 0.1) is 0 Å². The van der Waals surface area contributed by atoms with Gasteiger partial charge in [-0.05, 0) is 80.7 Å². The van der Waals surface area contributed by atoms with Crippen LogP contribution in [0.1, 0.15) is 36.8 Å². The SMILES string of the molecule is Brc1ccc2c(c1)Cc1ccccc1N2CCCCN1CCCC1. The Morgan fingerprint density at radius 1 is 0.833 bits per heavy atom. The molecule has 2 aliphatic rings. The molecule has 0 saturated carbocycles. The van der Waals surface area contributed by atoms with E-state index in [-0.39, 0.29) is 0 Å². The van der Waals surface area contributed by atoms with Crippen molar-refractivity contribution < 1.29 is 0 Å². The van der Waals surface area contributed by atoms with Gasteiger partial charge in [0, 0.05) is 28.8 Å². The molecule has 0 amide bonds. The predicted molar refractivity (Wildman–Crippen MR) is 105 cm³/mol. The molecule has 2 nitrogen and oxygen atoms in total. The number of nitrogens with zero attached hydrogens (tertiary/aromatic N) is 2. The molecular weight excluding hydrogens is 360 g/mol. The Morgan fingerprint density at radius 2 is 1.58 bits per heavy atom. The summed E-state index contributed by atoms with van der Waals surface area (Å²) in [7, 11) is 0. The van der Waals surface area contributed by atoms with Crippen LogP contribution in [0.25, 0.3) is 0 Å². The van der Waals surface area contributed by atoms with Gasteiger partial charge >= 0.3 is 0 Å². The summed E-state index contributed by atoms with van der Waals surface area (Å²) >= 11 is 3.63. The molecule has 24 heavy (non-hydrogen) atoms. The zero-order chi connectivity index (χ0) is 16.4. The van der Waals surface area contributed by atoms with Gasteiger partial charge in [0.2, 0.25) is 0 Å². The molecule has 2 aliphatic heterocycles. The molecule has 126 valence electrons. The normalized spacial score (nSPS) is 17.0. The Hall–Kier alpha value is -1.32. The monoisotopic (exact) mass is 384 g/mol. The minimum Gasteiger partial charge on any atom is -0.341 e. The van der Waals surface area contributed by atoms with Crippen molar-refractivity contribution in [3.63, 3.8) is 0 Å². The number of para-hydroxylation sites is 1. The Bertz CT molecular complexity index is 707. The van der Waals surface area contributed by atoms with Crippen molar-refractivity contribution >= 4 is 27.3 Å². The first-order chi connectivity index (χ1) is 11.8. The lowest BCUT2D eigenvalue weighted by atomic mass is 9.95. The van der Waals surface area contributed by atoms with E-state index in [1.165, 1.54) is 72.3 Å². The molecule has 0 bridgehead atoms. The van der Waals surface area contributed by atoms with Gasteiger partial charge in [-0.15, -0.1) is 0 Å². The van der Waals surface area contributed by atoms with Crippen molar-refractivity contribution in [2.24, 2.45) is 0 Å². The summed E-state index contributed by atoms with van der Waals surface area (Å²) < 4.78 is 1.18. The second-order valence-electron chi connectivity index (χ2n) is 6.99. The van der Waals surface area contributed by atoms with Crippen molar-refractivity contribution in [1.29, 1.82) is 0 Å². The number of unbranched alkanes of at least 4 members (excludes halogenated alkanes) is 1. The van der Waals surface area contributed by atoms with Gasteiger partial charge in [-0.2, -0.15) is 0 Å². The van der Waals surface area contributed by atoms with Crippen molar-refractivity contribution in [1.82, 2.24) is 4.90 Å². The highest BCUT2D eigenvalue weighted by molar-refractivity contribution is 9.10. The van der Waals surface area contributed by atoms with Gasteiger partial charge in [0.15, 0.2) is 0 Å². The number of hydrogen-bond acceptors (Lipinski definition) is 2. The number of anilines is 2. The zero-order valence-corrected chi connectivity index (χ0v) is 15.8. The van der Waals surface area contributed by atoms with Gasteiger partial charge < -0.3 is 9.80 Å². The van der Waals surface area contributed by atoms with Crippen molar-refractivity contribution in [3.05, 3.63) is 58.1 Å². The van der Waals surface area contributed by atoms with Gasteiger partial charge in [0.25, 0.3) is 0 Å². The van der Waals surface area contributed by atoms with E-state index in [0.29, 0.717) is 0 Å². The highest BCUT2D eigenvalue weighted by Gasteiger charge is 2.22. The maximum absolute atomic E-state index is 3.63. The molecule has 1 fully saturated rings. The molecule has 2 heterocycles. The molecule has 4 rings (SSSR count). The maximum Gasteiger partial charge on any atom is 0.0447 e. The van der Waals surface area contributed by atoms with E-state index in [1.807, 2.05) is 0 Å². The van der Waals surface area contributed by atoms with Gasteiger partial charge in [0.1, 0.15) is 0 Å². The summed E-state index contributed by atoms with van der Waals surface area (Å²) in [4.78, 5) is 5.15. The average Bonchev–Trinajstić information content (AvgIpc) is 3.11. The molecule has 0 radical (unpaired) electrons. The number of likely N-dealkylation sites (tertiary alicyclic amines) is 1. The third-order valence-corrected chi connectivity index (χ3v) is 5.79. The molecule has 0 aromatic heterocycles. The number of halogens is 1. The molecular formula is C21H25BrN2. The Kier molecular flexibility index (Phi) is 4.91. The maximum atomic E-state index is 3.63. The first kappa shape index (κ1) is 16.2. The van der Waals surface area contributed by atoms with Crippen LogP contribution in [0.3, 0.4) is 0 Å². The molecule has 2 aromatic carbocycles. The van der Waals surface area contributed by atoms with Crippen LogP contribution in [0.2, 0.25) is 0 Å². The van der Waals surface area contributed by atoms with Crippen LogP contribution in [0.5, 0.6) is 0 Å². The first-order valence-corrected chi connectivity index (χ1v) is 9.97. The van der Waals surface area contributed by atoms with Crippen LogP contribution in [-0.4, -0.2) is 31.1 Å². The Balaban J connectivity index is 1.49. The zero-order valence-electron chi connectivity index (χ0n) is 14.2. The van der Waals surface area contributed by atoms with Crippen molar-refractivity contribution in [2.45, 2.75) is 32.1 Å². The molecule has 0 atom stereocenters. The van der Waals surface area contributed by atoms with E-state index >= 15 is 0 Å². The van der Waals surface area contributed by atoms with Crippen molar-refractivity contribution in [3.8, 4) is 0 Å². The molecule has 1 saturated heterocycles. The third-order valence-electron chi connectivity index (χ3n) is 5.30. The summed E-state index contributed by atoms with van der Waals surface area (Å²) in [6.45, 7) is 5.00. The van der Waals surface area contributed by atoms with Crippen LogP contribution in [0.4, 0.5) is 11.4 Å². The van der Waals surface area contributed by atoms with Crippen LogP contribution in [0.15, 0.2) is 46.9 Å². The highest BCUT2D eigenvalue weighted by atomic mass is 79.9. The first-order valence-electron chi connectivity index (χ1n) is 9.17. The lowest BCUT2D eigenvalue weighted by molar-refractivity contribution is 0.331. The molecule has 2 aromatic rings. The van der Waals surface area contributed by atoms with E-state index in [2.05, 4.69) is 68.2 Å². The van der Waals surface area contributed by atoms with E-state index in [0.717, 1.165) is 13.0 Å². The van der Waals surface area contributed by atoms with E-state index in [9.17, 15) is 0 Å². The average molecular weight is 385 g/mol. The summed E-state index contributed by atoms with van der Waals surface area (Å²) in [6, 6.07) is 15.6. The summed E-state index contributed by atoms with van der Waals surface area (Å²) in [5.41, 5.74) is 5.66. The summed E-state index contributed by atoms with van der Waals surface area (Å²) in [5.74, 6) is 0. The number of fused-ring (bicyclic) bond motifs is 2. The van der Waals surface area contributed by atoms with E-state index in [4.69, 9.17) is 0 Å².